The number of aliphatic hydroxyl groups excluding tert-OH is 1. The maximum atomic E-state index is 12.3. The monoisotopic (exact) mass is 232 g/mol. The summed E-state index contributed by atoms with van der Waals surface area (Å²) in [6.45, 7) is 7.98. The number of fused-ring (bicyclic) bond motifs is 2. The summed E-state index contributed by atoms with van der Waals surface area (Å²) in [6, 6.07) is 0. The number of allylic oxidation sites excluding steroid dienone is 2. The number of carbonyl (C=O) groups is 1. The van der Waals surface area contributed by atoms with E-state index in [1.807, 2.05) is 6.92 Å². The molecule has 1 saturated heterocycles. The summed E-state index contributed by atoms with van der Waals surface area (Å²) in [5.41, 5.74) is 0.999. The Balaban J connectivity index is 1.89. The van der Waals surface area contributed by atoms with Crippen LogP contribution in [0.2, 0.25) is 0 Å². The number of hydrogen-bond donors (Lipinski definition) is 1. The Labute approximate surface area is 100 Å². The van der Waals surface area contributed by atoms with Crippen molar-refractivity contribution in [3.8, 4) is 0 Å². The number of hydrogen-bond acceptors (Lipinski definition) is 3. The molecule has 3 heteroatoms. The van der Waals surface area contributed by atoms with Crippen LogP contribution in [0.4, 0.5) is 0 Å². The van der Waals surface area contributed by atoms with Crippen molar-refractivity contribution in [2.24, 2.45) is 17.3 Å². The van der Waals surface area contributed by atoms with Gasteiger partial charge in [0.2, 0.25) is 0 Å². The first-order valence-electron chi connectivity index (χ1n) is 6.21. The van der Waals surface area contributed by atoms with Gasteiger partial charge in [-0.2, -0.15) is 0 Å². The number of Topliss-reactive ketones (excluding diaryl/α,β-unsaturated/α-hetero) is 1. The van der Waals surface area contributed by atoms with Crippen molar-refractivity contribution in [1.82, 2.24) is 0 Å². The van der Waals surface area contributed by atoms with E-state index >= 15 is 0 Å². The van der Waals surface area contributed by atoms with Gasteiger partial charge < -0.3 is 9.84 Å². The number of aliphatic hydroxyl groups is 1. The van der Waals surface area contributed by atoms with E-state index in [-0.39, 0.29) is 34.7 Å². The van der Waals surface area contributed by atoms with Gasteiger partial charge in [-0.25, -0.2) is 0 Å². The second kappa shape index (κ2) is 2.43. The number of rotatable bonds is 0. The molecule has 3 fully saturated rings. The SMILES string of the molecule is C=C1[C@@H](O)[C@H]2O[C@]23C[C@H]2C=C(C)C(=O)[C@H]2[C@]13C. The van der Waals surface area contributed by atoms with Gasteiger partial charge in [-0.05, 0) is 30.4 Å². The van der Waals surface area contributed by atoms with Crippen LogP contribution in [-0.4, -0.2) is 28.7 Å². The number of epoxide rings is 1. The van der Waals surface area contributed by atoms with E-state index in [4.69, 9.17) is 4.74 Å². The molecule has 0 aromatic heterocycles. The summed E-state index contributed by atoms with van der Waals surface area (Å²) in [6.07, 6.45) is 2.24. The van der Waals surface area contributed by atoms with Gasteiger partial charge >= 0.3 is 0 Å². The molecule has 4 aliphatic rings. The molecule has 0 bridgehead atoms. The van der Waals surface area contributed by atoms with Crippen LogP contribution in [0.15, 0.2) is 23.8 Å². The Morgan fingerprint density at radius 1 is 1.59 bits per heavy atom. The highest BCUT2D eigenvalue weighted by atomic mass is 16.6. The molecule has 0 aromatic rings. The first-order valence-corrected chi connectivity index (χ1v) is 6.21. The van der Waals surface area contributed by atoms with E-state index in [2.05, 4.69) is 19.6 Å². The van der Waals surface area contributed by atoms with Gasteiger partial charge in [0.25, 0.3) is 0 Å². The third kappa shape index (κ3) is 0.763. The Hall–Kier alpha value is -0.930. The van der Waals surface area contributed by atoms with Crippen molar-refractivity contribution in [3.05, 3.63) is 23.8 Å². The summed E-state index contributed by atoms with van der Waals surface area (Å²) in [7, 11) is 0. The van der Waals surface area contributed by atoms with Crippen LogP contribution < -0.4 is 0 Å². The summed E-state index contributed by atoms with van der Waals surface area (Å²) < 4.78 is 5.78. The lowest BCUT2D eigenvalue weighted by Crippen LogP contribution is -2.38. The van der Waals surface area contributed by atoms with Gasteiger partial charge in [0.15, 0.2) is 5.78 Å². The average molecular weight is 232 g/mol. The highest BCUT2D eigenvalue weighted by Gasteiger charge is 2.83. The average Bonchev–Trinajstić information content (AvgIpc) is 2.82. The molecular weight excluding hydrogens is 216 g/mol. The van der Waals surface area contributed by atoms with Crippen LogP contribution in [0, 0.1) is 17.3 Å². The van der Waals surface area contributed by atoms with Crippen LogP contribution in [0.25, 0.3) is 0 Å². The van der Waals surface area contributed by atoms with Crippen molar-refractivity contribution in [3.63, 3.8) is 0 Å². The van der Waals surface area contributed by atoms with Crippen molar-refractivity contribution < 1.29 is 14.6 Å². The molecule has 3 aliphatic carbocycles. The number of ketones is 1. The van der Waals surface area contributed by atoms with Gasteiger partial charge in [-0.15, -0.1) is 0 Å². The summed E-state index contributed by atoms with van der Waals surface area (Å²) in [5, 5.41) is 10.1. The third-order valence-electron chi connectivity index (χ3n) is 5.65. The van der Waals surface area contributed by atoms with E-state index in [1.165, 1.54) is 0 Å². The molecule has 4 rings (SSSR count). The molecule has 90 valence electrons. The fourth-order valence-electron chi connectivity index (χ4n) is 4.69. The standard InChI is InChI=1S/C14H16O3/c1-6-4-8-5-14-12(17-14)11(16)7(2)13(14,3)9(8)10(6)15/h4,8-9,11-12,16H,2,5H2,1,3H3/t8-,9+,11-,12-,13+,14-/m1/s1. The largest absolute Gasteiger partial charge is 0.386 e. The molecule has 6 atom stereocenters. The number of ether oxygens (including phenoxy) is 1. The third-order valence-corrected chi connectivity index (χ3v) is 5.65. The quantitative estimate of drug-likeness (QED) is 0.505. The van der Waals surface area contributed by atoms with Crippen molar-refractivity contribution in [1.29, 1.82) is 0 Å². The van der Waals surface area contributed by atoms with Gasteiger partial charge in [-0.3, -0.25) is 4.79 Å². The second-order valence-electron chi connectivity index (χ2n) is 6.16. The van der Waals surface area contributed by atoms with Crippen LogP contribution >= 0.6 is 0 Å². The molecule has 3 nitrogen and oxygen atoms in total. The van der Waals surface area contributed by atoms with Crippen LogP contribution in [0.5, 0.6) is 0 Å². The van der Waals surface area contributed by atoms with Gasteiger partial charge in [0.1, 0.15) is 17.8 Å². The van der Waals surface area contributed by atoms with E-state index in [1.54, 1.807) is 0 Å². The zero-order valence-electron chi connectivity index (χ0n) is 10.1. The Morgan fingerprint density at radius 3 is 3.00 bits per heavy atom. The minimum Gasteiger partial charge on any atom is -0.386 e. The Kier molecular flexibility index (Phi) is 1.43. The smallest absolute Gasteiger partial charge is 0.162 e. The van der Waals surface area contributed by atoms with E-state index in [9.17, 15) is 9.90 Å². The molecule has 0 unspecified atom stereocenters. The van der Waals surface area contributed by atoms with Crippen LogP contribution in [0.3, 0.4) is 0 Å². The molecule has 1 aliphatic heterocycles. The van der Waals surface area contributed by atoms with Gasteiger partial charge in [0, 0.05) is 11.3 Å². The first-order chi connectivity index (χ1) is 7.93. The van der Waals surface area contributed by atoms with Gasteiger partial charge in [-0.1, -0.05) is 19.6 Å². The van der Waals surface area contributed by atoms with E-state index in [0.717, 1.165) is 17.6 Å². The zero-order valence-corrected chi connectivity index (χ0v) is 10.1. The fourth-order valence-corrected chi connectivity index (χ4v) is 4.69. The molecule has 17 heavy (non-hydrogen) atoms. The summed E-state index contributed by atoms with van der Waals surface area (Å²) >= 11 is 0. The lowest BCUT2D eigenvalue weighted by Gasteiger charge is -2.33. The summed E-state index contributed by atoms with van der Waals surface area (Å²) in [4.78, 5) is 12.3. The predicted molar refractivity (Wildman–Crippen MR) is 61.2 cm³/mol. The highest BCUT2D eigenvalue weighted by Crippen LogP contribution is 2.75. The normalized spacial score (nSPS) is 58.9. The molecule has 1 spiro atoms. The minimum absolute atomic E-state index is 0.0582. The molecule has 0 aromatic carbocycles. The summed E-state index contributed by atoms with van der Waals surface area (Å²) in [5.74, 6) is 0.442. The molecule has 0 amide bonds. The van der Waals surface area contributed by atoms with Gasteiger partial charge in [0.05, 0.1) is 0 Å². The topological polar surface area (TPSA) is 49.8 Å². The Morgan fingerprint density at radius 2 is 2.29 bits per heavy atom. The molecule has 1 N–H and O–H groups in total. The lowest BCUT2D eigenvalue weighted by molar-refractivity contribution is -0.121. The van der Waals surface area contributed by atoms with E-state index in [0.29, 0.717) is 0 Å². The molecule has 2 saturated carbocycles. The maximum absolute atomic E-state index is 12.3. The Bertz CT molecular complexity index is 506. The highest BCUT2D eigenvalue weighted by molar-refractivity contribution is 6.01. The molecule has 1 heterocycles. The maximum Gasteiger partial charge on any atom is 0.162 e. The van der Waals surface area contributed by atoms with E-state index < -0.39 is 6.10 Å². The first kappa shape index (κ1) is 10.0. The molecule has 0 radical (unpaired) electrons. The van der Waals surface area contributed by atoms with Crippen molar-refractivity contribution >= 4 is 5.78 Å². The van der Waals surface area contributed by atoms with Crippen LogP contribution in [0.1, 0.15) is 20.3 Å². The van der Waals surface area contributed by atoms with Crippen molar-refractivity contribution in [2.45, 2.75) is 38.1 Å². The molecular formula is C14H16O3. The number of carbonyl (C=O) groups excluding carboxylic acids is 1. The fraction of sp³-hybridized carbons (Fsp3) is 0.643. The van der Waals surface area contributed by atoms with Crippen LogP contribution in [-0.2, 0) is 9.53 Å². The van der Waals surface area contributed by atoms with Crippen molar-refractivity contribution in [2.75, 3.05) is 0 Å². The predicted octanol–water partition coefficient (Wildman–Crippen LogP) is 1.23. The zero-order chi connectivity index (χ0) is 12.2. The minimum atomic E-state index is -0.588. The lowest BCUT2D eigenvalue weighted by atomic mass is 9.70. The second-order valence-corrected chi connectivity index (χ2v) is 6.16.